The quantitative estimate of drug-likeness (QED) is 0.0374. The molecule has 0 aromatic heterocycles. The molecule has 5 nitrogen and oxygen atoms in total. The Balaban J connectivity index is 3.45. The molecule has 1 atom stereocenters. The zero-order chi connectivity index (χ0) is 46.3. The van der Waals surface area contributed by atoms with Gasteiger partial charge in [0.1, 0.15) is 6.61 Å². The fourth-order valence-corrected chi connectivity index (χ4v) is 8.17. The lowest BCUT2D eigenvalue weighted by molar-refractivity contribution is -0.161. The third kappa shape index (κ3) is 52.2. The average molecular weight is 895 g/mol. The number of hydrogen-bond acceptors (Lipinski definition) is 5. The van der Waals surface area contributed by atoms with Gasteiger partial charge in [0.15, 0.2) is 6.10 Å². The van der Waals surface area contributed by atoms with Crippen molar-refractivity contribution in [2.75, 3.05) is 13.2 Å². The summed E-state index contributed by atoms with van der Waals surface area (Å²) in [5, 5.41) is 9.64. The van der Waals surface area contributed by atoms with E-state index in [0.29, 0.717) is 12.8 Å². The molecule has 0 radical (unpaired) electrons. The molecular weight excluding hydrogens is 789 g/mol. The highest BCUT2D eigenvalue weighted by atomic mass is 16.6. The Morgan fingerprint density at radius 1 is 0.375 bits per heavy atom. The van der Waals surface area contributed by atoms with E-state index < -0.39 is 6.10 Å². The van der Waals surface area contributed by atoms with Crippen LogP contribution in [0.2, 0.25) is 0 Å². The Hall–Kier alpha value is -2.40. The molecule has 64 heavy (non-hydrogen) atoms. The van der Waals surface area contributed by atoms with Crippen molar-refractivity contribution in [2.24, 2.45) is 0 Å². The first-order valence-corrected chi connectivity index (χ1v) is 27.8. The number of allylic oxidation sites excluding steroid dienone is 10. The Bertz CT molecular complexity index is 1100. The van der Waals surface area contributed by atoms with Crippen molar-refractivity contribution < 1.29 is 24.2 Å². The van der Waals surface area contributed by atoms with Crippen LogP contribution in [0.5, 0.6) is 0 Å². The van der Waals surface area contributed by atoms with E-state index in [2.05, 4.69) is 74.6 Å². The second-order valence-electron chi connectivity index (χ2n) is 18.6. The fraction of sp³-hybridized carbons (Fsp3) is 0.797. The highest BCUT2D eigenvalue weighted by Crippen LogP contribution is 2.17. The zero-order valence-electron chi connectivity index (χ0n) is 42.5. The lowest BCUT2D eigenvalue weighted by Crippen LogP contribution is -2.28. The number of hydrogen-bond donors (Lipinski definition) is 1. The highest BCUT2D eigenvalue weighted by Gasteiger charge is 2.16. The second-order valence-corrected chi connectivity index (χ2v) is 18.6. The minimum atomic E-state index is -0.770. The van der Waals surface area contributed by atoms with Crippen molar-refractivity contribution >= 4 is 11.9 Å². The molecule has 0 aliphatic rings. The monoisotopic (exact) mass is 895 g/mol. The summed E-state index contributed by atoms with van der Waals surface area (Å²) in [6, 6.07) is 0. The van der Waals surface area contributed by atoms with Crippen LogP contribution in [0.25, 0.3) is 0 Å². The maximum absolute atomic E-state index is 12.3. The number of rotatable bonds is 51. The molecule has 0 heterocycles. The summed E-state index contributed by atoms with van der Waals surface area (Å²) < 4.78 is 10.7. The van der Waals surface area contributed by atoms with Crippen molar-refractivity contribution in [1.29, 1.82) is 0 Å². The Morgan fingerprint density at radius 3 is 1.02 bits per heavy atom. The number of ether oxygens (including phenoxy) is 2. The van der Waals surface area contributed by atoms with Crippen molar-refractivity contribution in [3.05, 3.63) is 60.8 Å². The summed E-state index contributed by atoms with van der Waals surface area (Å²) >= 11 is 0. The molecule has 0 amide bonds. The molecule has 5 heteroatoms. The smallest absolute Gasteiger partial charge is 0.306 e. The van der Waals surface area contributed by atoms with Crippen LogP contribution in [0, 0.1) is 0 Å². The Morgan fingerprint density at radius 2 is 0.672 bits per heavy atom. The van der Waals surface area contributed by atoms with Gasteiger partial charge in [0, 0.05) is 12.8 Å². The molecular formula is C59H106O5. The van der Waals surface area contributed by atoms with Crippen LogP contribution in [0.4, 0.5) is 0 Å². The van der Waals surface area contributed by atoms with Crippen LogP contribution in [0.15, 0.2) is 60.8 Å². The van der Waals surface area contributed by atoms with Crippen LogP contribution < -0.4 is 0 Å². The molecule has 0 bridgehead atoms. The van der Waals surface area contributed by atoms with E-state index in [9.17, 15) is 14.7 Å². The molecule has 0 aromatic carbocycles. The number of unbranched alkanes of at least 4 members (excludes halogenated alkanes) is 33. The first kappa shape index (κ1) is 61.6. The Kier molecular flexibility index (Phi) is 52.9. The molecule has 0 aliphatic heterocycles. The molecule has 0 aromatic rings. The summed E-state index contributed by atoms with van der Waals surface area (Å²) in [6.45, 7) is 4.06. The third-order valence-electron chi connectivity index (χ3n) is 12.3. The van der Waals surface area contributed by atoms with Crippen molar-refractivity contribution in [2.45, 2.75) is 290 Å². The van der Waals surface area contributed by atoms with Crippen molar-refractivity contribution in [1.82, 2.24) is 0 Å². The van der Waals surface area contributed by atoms with E-state index in [1.807, 2.05) is 0 Å². The molecule has 0 saturated heterocycles. The summed E-state index contributed by atoms with van der Waals surface area (Å²) in [4.78, 5) is 24.5. The molecule has 0 rings (SSSR count). The van der Waals surface area contributed by atoms with Crippen LogP contribution in [-0.2, 0) is 19.1 Å². The van der Waals surface area contributed by atoms with Gasteiger partial charge in [-0.15, -0.1) is 0 Å². The molecule has 1 N–H and O–H groups in total. The lowest BCUT2D eigenvalue weighted by atomic mass is 10.0. The van der Waals surface area contributed by atoms with Crippen molar-refractivity contribution in [3.8, 4) is 0 Å². The molecule has 0 fully saturated rings. The lowest BCUT2D eigenvalue weighted by Gasteiger charge is -2.15. The van der Waals surface area contributed by atoms with Gasteiger partial charge in [0.2, 0.25) is 0 Å². The van der Waals surface area contributed by atoms with Gasteiger partial charge in [0.25, 0.3) is 0 Å². The van der Waals surface area contributed by atoms with E-state index in [0.717, 1.165) is 70.6 Å². The van der Waals surface area contributed by atoms with E-state index >= 15 is 0 Å². The van der Waals surface area contributed by atoms with Gasteiger partial charge in [0.05, 0.1) is 6.61 Å². The maximum atomic E-state index is 12.3. The van der Waals surface area contributed by atoms with Crippen LogP contribution in [0.3, 0.4) is 0 Å². The number of aliphatic hydroxyl groups excluding tert-OH is 1. The standard InChI is InChI=1S/C59H106O5/c1-3-5-7-9-11-13-15-17-19-21-22-23-24-25-26-27-28-29-30-31-32-33-34-35-36-38-40-42-44-46-48-50-52-54-59(62)64-57(55-60)56-63-58(61)53-51-49-47-45-43-41-39-37-20-18-16-14-12-10-8-6-4-2/h5,7,11,13,17,19,22-23,25-26,57,60H,3-4,6,8-10,12,14-16,18,20-21,24,27-56H2,1-2H3/b7-5-,13-11-,19-17-,23-22-,26-25-. The summed E-state index contributed by atoms with van der Waals surface area (Å²) in [6.07, 6.45) is 73.4. The molecule has 372 valence electrons. The number of aliphatic hydroxyl groups is 1. The van der Waals surface area contributed by atoms with Gasteiger partial charge in [-0.05, 0) is 57.8 Å². The fourth-order valence-electron chi connectivity index (χ4n) is 8.17. The van der Waals surface area contributed by atoms with Gasteiger partial charge in [-0.2, -0.15) is 0 Å². The van der Waals surface area contributed by atoms with Gasteiger partial charge >= 0.3 is 11.9 Å². The second kappa shape index (κ2) is 54.9. The van der Waals surface area contributed by atoms with Gasteiger partial charge in [-0.3, -0.25) is 9.59 Å². The summed E-state index contributed by atoms with van der Waals surface area (Å²) in [5.74, 6) is -0.576. The summed E-state index contributed by atoms with van der Waals surface area (Å²) in [5.41, 5.74) is 0. The maximum Gasteiger partial charge on any atom is 0.306 e. The summed E-state index contributed by atoms with van der Waals surface area (Å²) in [7, 11) is 0. The largest absolute Gasteiger partial charge is 0.462 e. The van der Waals surface area contributed by atoms with E-state index in [1.54, 1.807) is 0 Å². The van der Waals surface area contributed by atoms with E-state index in [-0.39, 0.29) is 25.2 Å². The van der Waals surface area contributed by atoms with Gasteiger partial charge < -0.3 is 14.6 Å². The average Bonchev–Trinajstić information content (AvgIpc) is 3.30. The normalized spacial score (nSPS) is 12.6. The Labute approximate surface area is 398 Å². The molecule has 0 aliphatic carbocycles. The number of esters is 2. The van der Waals surface area contributed by atoms with Crippen molar-refractivity contribution in [3.63, 3.8) is 0 Å². The van der Waals surface area contributed by atoms with Gasteiger partial charge in [-0.1, -0.05) is 274 Å². The van der Waals surface area contributed by atoms with Crippen LogP contribution in [-0.4, -0.2) is 36.4 Å². The van der Waals surface area contributed by atoms with E-state index in [1.165, 1.54) is 186 Å². The SMILES string of the molecule is CC/C=C\C/C=C\C/C=C\C/C=C\C/C=C\CCCCCCCCCCCCCCCCCCCC(=O)OC(CO)COC(=O)CCCCCCCCCCCCCCCCCCC. The molecule has 0 spiro atoms. The molecule has 0 saturated carbocycles. The minimum Gasteiger partial charge on any atom is -0.462 e. The first-order valence-electron chi connectivity index (χ1n) is 27.8. The number of carbonyl (C=O) groups is 2. The molecule has 1 unspecified atom stereocenters. The number of carbonyl (C=O) groups excluding carboxylic acids is 2. The van der Waals surface area contributed by atoms with Gasteiger partial charge in [-0.25, -0.2) is 0 Å². The predicted octanol–water partition coefficient (Wildman–Crippen LogP) is 18.6. The minimum absolute atomic E-state index is 0.0616. The van der Waals surface area contributed by atoms with Crippen LogP contribution in [0.1, 0.15) is 284 Å². The zero-order valence-corrected chi connectivity index (χ0v) is 42.5. The highest BCUT2D eigenvalue weighted by molar-refractivity contribution is 5.70. The van der Waals surface area contributed by atoms with Crippen LogP contribution >= 0.6 is 0 Å². The third-order valence-corrected chi connectivity index (χ3v) is 12.3. The van der Waals surface area contributed by atoms with E-state index in [4.69, 9.17) is 9.47 Å². The first-order chi connectivity index (χ1) is 31.6. The topological polar surface area (TPSA) is 72.8 Å². The predicted molar refractivity (Wildman–Crippen MR) is 279 cm³/mol.